The molecule has 2 fully saturated rings. The van der Waals surface area contributed by atoms with E-state index in [9.17, 15) is 0 Å². The van der Waals surface area contributed by atoms with Crippen molar-refractivity contribution in [3.63, 3.8) is 0 Å². The quantitative estimate of drug-likeness (QED) is 0.799. The van der Waals surface area contributed by atoms with E-state index in [4.69, 9.17) is 10.7 Å². The number of rotatable bonds is 3. The highest BCUT2D eigenvalue weighted by Crippen LogP contribution is 2.49. The van der Waals surface area contributed by atoms with E-state index < -0.39 is 0 Å². The molecule has 2 heterocycles. The summed E-state index contributed by atoms with van der Waals surface area (Å²) >= 11 is 0. The maximum Gasteiger partial charge on any atom is 0.222 e. The second-order valence-electron chi connectivity index (χ2n) is 7.67. The maximum atomic E-state index is 6.07. The van der Waals surface area contributed by atoms with Crippen LogP contribution in [0, 0.1) is 5.92 Å². The first kappa shape index (κ1) is 15.2. The van der Waals surface area contributed by atoms with Crippen LogP contribution in [0.4, 0.5) is 11.8 Å². The number of anilines is 2. The van der Waals surface area contributed by atoms with Gasteiger partial charge in [0.2, 0.25) is 5.95 Å². The first-order valence-electron chi connectivity index (χ1n) is 9.38. The summed E-state index contributed by atoms with van der Waals surface area (Å²) < 4.78 is 0. The highest BCUT2D eigenvalue weighted by atomic mass is 15.1. The number of nitrogen functional groups attached to an aromatic ring is 1. The van der Waals surface area contributed by atoms with Gasteiger partial charge in [-0.3, -0.25) is 0 Å². The Balaban J connectivity index is 1.58. The van der Waals surface area contributed by atoms with Crippen molar-refractivity contribution >= 4 is 11.8 Å². The van der Waals surface area contributed by atoms with Crippen LogP contribution in [0.15, 0.2) is 0 Å². The fourth-order valence-corrected chi connectivity index (χ4v) is 4.91. The molecular weight excluding hydrogens is 286 g/mol. The number of hydrogen-bond donors (Lipinski definition) is 3. The highest BCUT2D eigenvalue weighted by Gasteiger charge is 2.41. The topological polar surface area (TPSA) is 75.9 Å². The molecule has 0 bridgehead atoms. The molecule has 0 unspecified atom stereocenters. The van der Waals surface area contributed by atoms with Gasteiger partial charge in [0.05, 0.1) is 5.69 Å². The minimum Gasteiger partial charge on any atom is -0.369 e. The van der Waals surface area contributed by atoms with Gasteiger partial charge in [0, 0.05) is 17.5 Å². The van der Waals surface area contributed by atoms with Gasteiger partial charge >= 0.3 is 0 Å². The Hall–Kier alpha value is -1.36. The maximum absolute atomic E-state index is 6.07. The molecule has 0 radical (unpaired) electrons. The highest BCUT2D eigenvalue weighted by molar-refractivity contribution is 5.53. The monoisotopic (exact) mass is 315 g/mol. The molecule has 1 saturated heterocycles. The summed E-state index contributed by atoms with van der Waals surface area (Å²) in [7, 11) is 0. The predicted molar refractivity (Wildman–Crippen MR) is 93.6 cm³/mol. The van der Waals surface area contributed by atoms with E-state index in [1.807, 2.05) is 0 Å². The fourth-order valence-electron chi connectivity index (χ4n) is 4.91. The molecule has 5 nitrogen and oxygen atoms in total. The minimum atomic E-state index is 0.301. The molecule has 1 aromatic rings. The first-order valence-corrected chi connectivity index (χ1v) is 9.38. The third-order valence-electron chi connectivity index (χ3n) is 6.19. The van der Waals surface area contributed by atoms with Gasteiger partial charge in [0.25, 0.3) is 0 Å². The zero-order valence-electron chi connectivity index (χ0n) is 14.0. The third-order valence-corrected chi connectivity index (χ3v) is 6.19. The Bertz CT molecular complexity index is 559. The molecule has 3 aliphatic rings. The first-order chi connectivity index (χ1) is 11.3. The Labute approximate surface area is 138 Å². The lowest BCUT2D eigenvalue weighted by molar-refractivity contribution is 0.357. The van der Waals surface area contributed by atoms with Crippen LogP contribution < -0.4 is 16.4 Å². The molecule has 1 aliphatic heterocycles. The zero-order valence-corrected chi connectivity index (χ0v) is 14.0. The molecule has 0 atom stereocenters. The van der Waals surface area contributed by atoms with Gasteiger partial charge < -0.3 is 16.4 Å². The lowest BCUT2D eigenvalue weighted by Gasteiger charge is -2.35. The van der Waals surface area contributed by atoms with Crippen LogP contribution in [0.1, 0.15) is 62.6 Å². The van der Waals surface area contributed by atoms with Crippen molar-refractivity contribution in [1.82, 2.24) is 15.3 Å². The van der Waals surface area contributed by atoms with Crippen molar-refractivity contribution < 1.29 is 0 Å². The number of nitrogens with two attached hydrogens (primary N) is 1. The van der Waals surface area contributed by atoms with Crippen molar-refractivity contribution in [3.05, 3.63) is 11.3 Å². The summed E-state index contributed by atoms with van der Waals surface area (Å²) in [6.07, 6.45) is 11.4. The minimum absolute atomic E-state index is 0.301. The van der Waals surface area contributed by atoms with Crippen molar-refractivity contribution in [2.45, 2.75) is 63.2 Å². The van der Waals surface area contributed by atoms with Gasteiger partial charge in [0.15, 0.2) is 0 Å². The lowest BCUT2D eigenvalue weighted by Crippen LogP contribution is -2.33. The largest absolute Gasteiger partial charge is 0.369 e. The molecule has 126 valence electrons. The molecular formula is C18H29N5. The molecule has 4 N–H and O–H groups in total. The molecule has 1 aromatic heterocycles. The van der Waals surface area contributed by atoms with E-state index in [1.54, 1.807) is 0 Å². The number of fused-ring (bicyclic) bond motifs is 2. The number of nitrogens with zero attached hydrogens (tertiary/aromatic N) is 2. The Morgan fingerprint density at radius 1 is 1.09 bits per heavy atom. The van der Waals surface area contributed by atoms with E-state index >= 15 is 0 Å². The molecule has 5 heteroatoms. The second kappa shape index (κ2) is 6.27. The summed E-state index contributed by atoms with van der Waals surface area (Å²) in [4.78, 5) is 9.29. The van der Waals surface area contributed by atoms with Crippen molar-refractivity contribution in [2.75, 3.05) is 30.7 Å². The second-order valence-corrected chi connectivity index (χ2v) is 7.67. The number of piperidine rings is 1. The van der Waals surface area contributed by atoms with Gasteiger partial charge in [-0.1, -0.05) is 12.8 Å². The normalized spacial score (nSPS) is 23.8. The van der Waals surface area contributed by atoms with E-state index in [-0.39, 0.29) is 0 Å². The van der Waals surface area contributed by atoms with Crippen LogP contribution in [-0.2, 0) is 11.8 Å². The summed E-state index contributed by atoms with van der Waals surface area (Å²) in [6, 6.07) is 0. The molecule has 0 amide bonds. The predicted octanol–water partition coefficient (Wildman–Crippen LogP) is 2.62. The summed E-state index contributed by atoms with van der Waals surface area (Å²) in [5.74, 6) is 2.22. The third kappa shape index (κ3) is 2.91. The van der Waals surface area contributed by atoms with E-state index in [0.29, 0.717) is 11.4 Å². The van der Waals surface area contributed by atoms with Crippen LogP contribution in [0.5, 0.6) is 0 Å². The number of hydrogen-bond acceptors (Lipinski definition) is 5. The van der Waals surface area contributed by atoms with Crippen LogP contribution >= 0.6 is 0 Å². The van der Waals surface area contributed by atoms with Gasteiger partial charge in [-0.2, -0.15) is 4.98 Å². The zero-order chi connectivity index (χ0) is 15.7. The van der Waals surface area contributed by atoms with Crippen LogP contribution in [-0.4, -0.2) is 29.6 Å². The average Bonchev–Trinajstić information content (AvgIpc) is 3.04. The molecule has 0 aromatic carbocycles. The standard InChI is InChI=1S/C18H29N5/c19-17-22-15-14(4-3-9-18(15)7-1-2-8-18)16(23-17)21-12-13-5-10-20-11-6-13/h13,20H,1-12H2,(H3,19,21,22,23). The van der Waals surface area contributed by atoms with Crippen LogP contribution in [0.2, 0.25) is 0 Å². The lowest BCUT2D eigenvalue weighted by atomic mass is 9.72. The van der Waals surface area contributed by atoms with Crippen LogP contribution in [0.3, 0.4) is 0 Å². The van der Waals surface area contributed by atoms with Crippen LogP contribution in [0.25, 0.3) is 0 Å². The van der Waals surface area contributed by atoms with E-state index in [2.05, 4.69) is 15.6 Å². The summed E-state index contributed by atoms with van der Waals surface area (Å²) in [6.45, 7) is 3.29. The molecule has 1 spiro atoms. The van der Waals surface area contributed by atoms with Crippen molar-refractivity contribution in [3.8, 4) is 0 Å². The van der Waals surface area contributed by atoms with E-state index in [1.165, 1.54) is 62.6 Å². The van der Waals surface area contributed by atoms with Gasteiger partial charge in [-0.25, -0.2) is 4.98 Å². The Morgan fingerprint density at radius 3 is 2.61 bits per heavy atom. The average molecular weight is 315 g/mol. The van der Waals surface area contributed by atoms with Gasteiger partial charge in [-0.15, -0.1) is 0 Å². The molecule has 1 saturated carbocycles. The molecule has 2 aliphatic carbocycles. The number of aromatic nitrogens is 2. The fraction of sp³-hybridized carbons (Fsp3) is 0.778. The smallest absolute Gasteiger partial charge is 0.222 e. The van der Waals surface area contributed by atoms with Gasteiger partial charge in [0.1, 0.15) is 5.82 Å². The Kier molecular flexibility index (Phi) is 4.14. The summed E-state index contributed by atoms with van der Waals surface area (Å²) in [5.41, 5.74) is 9.01. The van der Waals surface area contributed by atoms with Crippen molar-refractivity contribution in [1.29, 1.82) is 0 Å². The van der Waals surface area contributed by atoms with Gasteiger partial charge in [-0.05, 0) is 64.0 Å². The van der Waals surface area contributed by atoms with Crippen molar-refractivity contribution in [2.24, 2.45) is 5.92 Å². The summed E-state index contributed by atoms with van der Waals surface area (Å²) in [5, 5.41) is 7.06. The molecule has 4 rings (SSSR count). The van der Waals surface area contributed by atoms with E-state index in [0.717, 1.165) is 37.8 Å². The Morgan fingerprint density at radius 2 is 1.83 bits per heavy atom. The number of nitrogens with one attached hydrogen (secondary N) is 2. The molecule has 23 heavy (non-hydrogen) atoms. The SMILES string of the molecule is Nc1nc(NCC2CCNCC2)c2c(n1)C1(CCCC1)CCC2.